The van der Waals surface area contributed by atoms with Gasteiger partial charge in [0.05, 0.1) is 19.8 Å². The summed E-state index contributed by atoms with van der Waals surface area (Å²) in [5, 5.41) is 2.91. The molecule has 0 atom stereocenters. The lowest BCUT2D eigenvalue weighted by Crippen LogP contribution is -2.26. The zero-order valence-electron chi connectivity index (χ0n) is 12.6. The van der Waals surface area contributed by atoms with E-state index in [-0.39, 0.29) is 5.91 Å². The Hall–Kier alpha value is -2.01. The van der Waals surface area contributed by atoms with Gasteiger partial charge in [0.25, 0.3) is 5.91 Å². The molecule has 1 amide bonds. The fraction of sp³-hybridized carbons (Fsp3) is 0.235. The van der Waals surface area contributed by atoms with Gasteiger partial charge < -0.3 is 14.8 Å². The maximum atomic E-state index is 12.1. The van der Waals surface area contributed by atoms with Crippen LogP contribution >= 0.6 is 15.9 Å². The Bertz CT molecular complexity index is 658. The Morgan fingerprint density at radius 3 is 2.59 bits per heavy atom. The summed E-state index contributed by atoms with van der Waals surface area (Å²) >= 11 is 3.38. The van der Waals surface area contributed by atoms with E-state index >= 15 is 0 Å². The van der Waals surface area contributed by atoms with Crippen molar-refractivity contribution in [1.29, 1.82) is 0 Å². The Balaban J connectivity index is 1.99. The zero-order valence-corrected chi connectivity index (χ0v) is 14.1. The standard InChI is InChI=1S/C17H18BrNO3/c1-21-13-7-8-16(22-2)12(11-13)9-10-19-17(20)14-5-3-4-6-15(14)18/h3-8,11H,9-10H2,1-2H3,(H,19,20). The molecule has 0 fully saturated rings. The lowest BCUT2D eigenvalue weighted by atomic mass is 10.1. The first-order chi connectivity index (χ1) is 10.7. The van der Waals surface area contributed by atoms with Gasteiger partial charge in [-0.1, -0.05) is 12.1 Å². The van der Waals surface area contributed by atoms with Crippen LogP contribution in [0.25, 0.3) is 0 Å². The highest BCUT2D eigenvalue weighted by Crippen LogP contribution is 2.24. The van der Waals surface area contributed by atoms with Crippen LogP contribution in [0.3, 0.4) is 0 Å². The molecular weight excluding hydrogens is 346 g/mol. The molecule has 5 heteroatoms. The molecule has 0 saturated heterocycles. The Morgan fingerprint density at radius 2 is 1.91 bits per heavy atom. The Morgan fingerprint density at radius 1 is 1.14 bits per heavy atom. The summed E-state index contributed by atoms with van der Waals surface area (Å²) in [4.78, 5) is 12.1. The molecule has 0 saturated carbocycles. The molecular formula is C17H18BrNO3. The minimum Gasteiger partial charge on any atom is -0.497 e. The van der Waals surface area contributed by atoms with Crippen molar-refractivity contribution in [2.75, 3.05) is 20.8 Å². The highest BCUT2D eigenvalue weighted by Gasteiger charge is 2.10. The molecule has 116 valence electrons. The first kappa shape index (κ1) is 16.4. The number of amides is 1. The van der Waals surface area contributed by atoms with Gasteiger partial charge in [0.2, 0.25) is 0 Å². The number of halogens is 1. The highest BCUT2D eigenvalue weighted by atomic mass is 79.9. The molecule has 0 aliphatic heterocycles. The topological polar surface area (TPSA) is 47.6 Å². The van der Waals surface area contributed by atoms with Gasteiger partial charge in [-0.2, -0.15) is 0 Å². The van der Waals surface area contributed by atoms with Crippen molar-refractivity contribution >= 4 is 21.8 Å². The van der Waals surface area contributed by atoms with Crippen molar-refractivity contribution < 1.29 is 14.3 Å². The van der Waals surface area contributed by atoms with E-state index in [0.717, 1.165) is 21.5 Å². The lowest BCUT2D eigenvalue weighted by Gasteiger charge is -2.11. The molecule has 0 aliphatic rings. The minimum atomic E-state index is -0.102. The van der Waals surface area contributed by atoms with E-state index in [1.807, 2.05) is 36.4 Å². The number of rotatable bonds is 6. The normalized spacial score (nSPS) is 10.1. The minimum absolute atomic E-state index is 0.102. The molecule has 0 unspecified atom stereocenters. The number of hydrogen-bond acceptors (Lipinski definition) is 3. The summed E-state index contributed by atoms with van der Waals surface area (Å²) in [6.45, 7) is 0.518. The fourth-order valence-corrected chi connectivity index (χ4v) is 2.59. The van der Waals surface area contributed by atoms with Gasteiger partial charge in [0, 0.05) is 11.0 Å². The third kappa shape index (κ3) is 4.01. The summed E-state index contributed by atoms with van der Waals surface area (Å²) in [6.07, 6.45) is 0.663. The van der Waals surface area contributed by atoms with Crippen LogP contribution in [0, 0.1) is 0 Å². The van der Waals surface area contributed by atoms with Gasteiger partial charge in [-0.05, 0) is 58.2 Å². The SMILES string of the molecule is COc1ccc(OC)c(CCNC(=O)c2ccccc2Br)c1. The quantitative estimate of drug-likeness (QED) is 0.854. The van der Waals surface area contributed by atoms with Crippen LogP contribution in [-0.2, 0) is 6.42 Å². The predicted molar refractivity (Wildman–Crippen MR) is 89.7 cm³/mol. The molecule has 22 heavy (non-hydrogen) atoms. The number of hydrogen-bond donors (Lipinski definition) is 1. The molecule has 1 N–H and O–H groups in total. The number of ether oxygens (including phenoxy) is 2. The first-order valence-electron chi connectivity index (χ1n) is 6.89. The van der Waals surface area contributed by atoms with Crippen molar-refractivity contribution in [2.24, 2.45) is 0 Å². The van der Waals surface area contributed by atoms with Gasteiger partial charge in [-0.15, -0.1) is 0 Å². The van der Waals surface area contributed by atoms with Gasteiger partial charge in [0.1, 0.15) is 11.5 Å². The summed E-state index contributed by atoms with van der Waals surface area (Å²) in [6, 6.07) is 13.0. The van der Waals surface area contributed by atoms with Crippen molar-refractivity contribution in [3.05, 3.63) is 58.1 Å². The number of carbonyl (C=O) groups is 1. The fourth-order valence-electron chi connectivity index (χ4n) is 2.13. The zero-order chi connectivity index (χ0) is 15.9. The molecule has 0 radical (unpaired) electrons. The van der Waals surface area contributed by atoms with E-state index in [1.165, 1.54) is 0 Å². The monoisotopic (exact) mass is 363 g/mol. The summed E-state index contributed by atoms with van der Waals surface area (Å²) in [5.41, 5.74) is 1.62. The lowest BCUT2D eigenvalue weighted by molar-refractivity contribution is 0.0953. The smallest absolute Gasteiger partial charge is 0.252 e. The predicted octanol–water partition coefficient (Wildman–Crippen LogP) is 3.44. The molecule has 4 nitrogen and oxygen atoms in total. The van der Waals surface area contributed by atoms with Gasteiger partial charge in [-0.3, -0.25) is 4.79 Å². The number of nitrogens with one attached hydrogen (secondary N) is 1. The number of methoxy groups -OCH3 is 2. The molecule has 0 bridgehead atoms. The summed E-state index contributed by atoms with van der Waals surface area (Å²) < 4.78 is 11.3. The van der Waals surface area contributed by atoms with Crippen LogP contribution in [0.1, 0.15) is 15.9 Å². The van der Waals surface area contributed by atoms with E-state index in [9.17, 15) is 4.79 Å². The van der Waals surface area contributed by atoms with Crippen LogP contribution in [0.2, 0.25) is 0 Å². The number of benzene rings is 2. The highest BCUT2D eigenvalue weighted by molar-refractivity contribution is 9.10. The average molecular weight is 364 g/mol. The number of carbonyl (C=O) groups excluding carboxylic acids is 1. The third-order valence-corrected chi connectivity index (χ3v) is 3.98. The maximum Gasteiger partial charge on any atom is 0.252 e. The summed E-state index contributed by atoms with van der Waals surface area (Å²) in [7, 11) is 3.26. The van der Waals surface area contributed by atoms with Crippen LogP contribution < -0.4 is 14.8 Å². The molecule has 2 aromatic rings. The first-order valence-corrected chi connectivity index (χ1v) is 7.68. The van der Waals surface area contributed by atoms with Gasteiger partial charge in [0.15, 0.2) is 0 Å². The van der Waals surface area contributed by atoms with Gasteiger partial charge >= 0.3 is 0 Å². The summed E-state index contributed by atoms with van der Waals surface area (Å²) in [5.74, 6) is 1.46. The van der Waals surface area contributed by atoms with E-state index in [1.54, 1.807) is 20.3 Å². The van der Waals surface area contributed by atoms with Gasteiger partial charge in [-0.25, -0.2) is 0 Å². The molecule has 0 spiro atoms. The van der Waals surface area contributed by atoms with E-state index in [4.69, 9.17) is 9.47 Å². The Labute approximate surface area is 138 Å². The molecule has 0 heterocycles. The third-order valence-electron chi connectivity index (χ3n) is 3.29. The van der Waals surface area contributed by atoms with Crippen LogP contribution in [-0.4, -0.2) is 26.7 Å². The van der Waals surface area contributed by atoms with Crippen molar-refractivity contribution in [2.45, 2.75) is 6.42 Å². The second-order valence-electron chi connectivity index (χ2n) is 4.66. The maximum absolute atomic E-state index is 12.1. The van der Waals surface area contributed by atoms with Crippen molar-refractivity contribution in [1.82, 2.24) is 5.32 Å². The van der Waals surface area contributed by atoms with Crippen molar-refractivity contribution in [3.8, 4) is 11.5 Å². The average Bonchev–Trinajstić information content (AvgIpc) is 2.55. The van der Waals surface area contributed by atoms with E-state index in [2.05, 4.69) is 21.2 Å². The largest absolute Gasteiger partial charge is 0.497 e. The van der Waals surface area contributed by atoms with Crippen LogP contribution in [0.15, 0.2) is 46.9 Å². The second kappa shape index (κ2) is 7.84. The molecule has 2 rings (SSSR count). The van der Waals surface area contributed by atoms with Crippen molar-refractivity contribution in [3.63, 3.8) is 0 Å². The van der Waals surface area contributed by atoms with Crippen LogP contribution in [0.4, 0.5) is 0 Å². The van der Waals surface area contributed by atoms with Crippen LogP contribution in [0.5, 0.6) is 11.5 Å². The second-order valence-corrected chi connectivity index (χ2v) is 5.52. The molecule has 0 aromatic heterocycles. The Kier molecular flexibility index (Phi) is 5.83. The van der Waals surface area contributed by atoms with E-state index in [0.29, 0.717) is 18.5 Å². The molecule has 0 aliphatic carbocycles. The van der Waals surface area contributed by atoms with E-state index < -0.39 is 0 Å². The molecule has 2 aromatic carbocycles.